The van der Waals surface area contributed by atoms with Gasteiger partial charge in [0.2, 0.25) is 0 Å². The highest BCUT2D eigenvalue weighted by molar-refractivity contribution is 7.18. The molecule has 1 amide bonds. The fourth-order valence-corrected chi connectivity index (χ4v) is 3.68. The number of anilines is 1. The van der Waals surface area contributed by atoms with Crippen LogP contribution in [0.1, 0.15) is 44.7 Å². The number of carbonyl (C=O) groups excluding carboxylic acids is 2. The van der Waals surface area contributed by atoms with Crippen molar-refractivity contribution in [2.75, 3.05) is 5.32 Å². The Morgan fingerprint density at radius 3 is 2.79 bits per heavy atom. The number of amides is 1. The van der Waals surface area contributed by atoms with Gasteiger partial charge < -0.3 is 10.1 Å². The Kier molecular flexibility index (Phi) is 6.41. The van der Waals surface area contributed by atoms with Crippen LogP contribution in [0, 0.1) is 0 Å². The Morgan fingerprint density at radius 2 is 2.04 bits per heavy atom. The molecule has 8 heteroatoms. The minimum Gasteiger partial charge on any atom is -0.453 e. The van der Waals surface area contributed by atoms with Crippen LogP contribution in [0.4, 0.5) is 5.82 Å². The first-order chi connectivity index (χ1) is 13.5. The average Bonchev–Trinajstić information content (AvgIpc) is 3.32. The molecular formula is C20H24N4O3S. The van der Waals surface area contributed by atoms with E-state index in [9.17, 15) is 9.59 Å². The molecule has 0 fully saturated rings. The third-order valence-corrected chi connectivity index (χ3v) is 5.58. The van der Waals surface area contributed by atoms with Crippen molar-refractivity contribution in [2.45, 2.75) is 52.2 Å². The van der Waals surface area contributed by atoms with Gasteiger partial charge in [-0.15, -0.1) is 11.3 Å². The Morgan fingerprint density at radius 1 is 1.25 bits per heavy atom. The Balaban J connectivity index is 1.50. The number of benzene rings is 1. The van der Waals surface area contributed by atoms with Crippen LogP contribution in [-0.4, -0.2) is 32.7 Å². The van der Waals surface area contributed by atoms with E-state index in [2.05, 4.69) is 15.4 Å². The number of thiazole rings is 1. The number of fused-ring (bicyclic) bond motifs is 1. The molecule has 0 saturated heterocycles. The summed E-state index contributed by atoms with van der Waals surface area (Å²) in [6, 6.07) is 9.75. The quantitative estimate of drug-likeness (QED) is 0.578. The molecule has 2 heterocycles. The normalized spacial score (nSPS) is 13.2. The maximum absolute atomic E-state index is 12.4. The molecule has 3 rings (SSSR count). The number of esters is 1. The molecule has 7 nitrogen and oxygen atoms in total. The van der Waals surface area contributed by atoms with E-state index < -0.39 is 12.1 Å². The standard InChI is InChI=1S/C20H24N4O3S/c1-4-13(2)24-17(11-12-21-24)23-20(26)14(3)27-19(25)10-9-18-22-15-7-5-6-8-16(15)28-18/h5-8,11-14H,4,9-10H2,1-3H3,(H,23,26)/t13-,14-/m0/s1. The van der Waals surface area contributed by atoms with Crippen molar-refractivity contribution in [1.29, 1.82) is 0 Å². The molecule has 0 radical (unpaired) electrons. The Labute approximate surface area is 167 Å². The number of nitrogens with one attached hydrogen (secondary N) is 1. The van der Waals surface area contributed by atoms with Gasteiger partial charge in [0.15, 0.2) is 6.10 Å². The second-order valence-corrected chi connectivity index (χ2v) is 7.73. The van der Waals surface area contributed by atoms with E-state index in [-0.39, 0.29) is 18.4 Å². The van der Waals surface area contributed by atoms with Gasteiger partial charge in [0.1, 0.15) is 5.82 Å². The number of rotatable bonds is 8. The summed E-state index contributed by atoms with van der Waals surface area (Å²) in [6.45, 7) is 5.64. The molecule has 0 unspecified atom stereocenters. The summed E-state index contributed by atoms with van der Waals surface area (Å²) in [5.74, 6) is -0.201. The van der Waals surface area contributed by atoms with Crippen LogP contribution in [0.25, 0.3) is 10.2 Å². The van der Waals surface area contributed by atoms with E-state index in [1.165, 1.54) is 0 Å². The van der Waals surface area contributed by atoms with Crippen molar-refractivity contribution in [2.24, 2.45) is 0 Å². The summed E-state index contributed by atoms with van der Waals surface area (Å²) in [7, 11) is 0. The lowest BCUT2D eigenvalue weighted by Crippen LogP contribution is -2.31. The first-order valence-electron chi connectivity index (χ1n) is 9.36. The third kappa shape index (κ3) is 4.75. The van der Waals surface area contributed by atoms with Crippen molar-refractivity contribution in [3.05, 3.63) is 41.5 Å². The molecule has 1 N–H and O–H groups in total. The maximum atomic E-state index is 12.4. The van der Waals surface area contributed by atoms with Crippen molar-refractivity contribution in [3.8, 4) is 0 Å². The molecule has 1 aromatic carbocycles. The van der Waals surface area contributed by atoms with Crippen molar-refractivity contribution in [3.63, 3.8) is 0 Å². The number of carbonyl (C=O) groups is 2. The highest BCUT2D eigenvalue weighted by Crippen LogP contribution is 2.22. The number of hydrogen-bond donors (Lipinski definition) is 1. The Bertz CT molecular complexity index is 932. The fourth-order valence-electron chi connectivity index (χ4n) is 2.71. The lowest BCUT2D eigenvalue weighted by molar-refractivity contribution is -0.153. The number of nitrogens with zero attached hydrogens (tertiary/aromatic N) is 3. The lowest BCUT2D eigenvalue weighted by Gasteiger charge is -2.16. The largest absolute Gasteiger partial charge is 0.453 e. The van der Waals surface area contributed by atoms with Gasteiger partial charge >= 0.3 is 5.97 Å². The average molecular weight is 401 g/mol. The van der Waals surface area contributed by atoms with Gasteiger partial charge in [0.05, 0.1) is 33.9 Å². The van der Waals surface area contributed by atoms with Gasteiger partial charge in [-0.3, -0.25) is 9.59 Å². The van der Waals surface area contributed by atoms with Gasteiger partial charge in [-0.05, 0) is 32.4 Å². The molecule has 148 valence electrons. The van der Waals surface area contributed by atoms with Gasteiger partial charge in [-0.2, -0.15) is 5.10 Å². The molecule has 0 saturated carbocycles. The van der Waals surface area contributed by atoms with Crippen LogP contribution in [-0.2, 0) is 20.7 Å². The number of aryl methyl sites for hydroxylation is 1. The molecule has 0 spiro atoms. The SMILES string of the molecule is CC[C@H](C)n1nccc1NC(=O)[C@H](C)OC(=O)CCc1nc2ccccc2s1. The zero-order valence-corrected chi connectivity index (χ0v) is 17.0. The van der Waals surface area contributed by atoms with Crippen LogP contribution in [0.2, 0.25) is 0 Å². The molecule has 0 bridgehead atoms. The molecule has 0 aliphatic rings. The highest BCUT2D eigenvalue weighted by Gasteiger charge is 2.20. The second kappa shape index (κ2) is 8.97. The summed E-state index contributed by atoms with van der Waals surface area (Å²) in [5.41, 5.74) is 0.932. The molecule has 0 aliphatic carbocycles. The number of para-hydroxylation sites is 1. The summed E-state index contributed by atoms with van der Waals surface area (Å²) >= 11 is 1.57. The van der Waals surface area contributed by atoms with Gasteiger partial charge in [-0.1, -0.05) is 19.1 Å². The molecule has 28 heavy (non-hydrogen) atoms. The fraction of sp³-hybridized carbons (Fsp3) is 0.400. The van der Waals surface area contributed by atoms with Crippen LogP contribution in [0.3, 0.4) is 0 Å². The predicted molar refractivity (Wildman–Crippen MR) is 109 cm³/mol. The van der Waals surface area contributed by atoms with Crippen LogP contribution >= 0.6 is 11.3 Å². The van der Waals surface area contributed by atoms with Crippen LogP contribution in [0.15, 0.2) is 36.5 Å². The lowest BCUT2D eigenvalue weighted by atomic mass is 10.3. The summed E-state index contributed by atoms with van der Waals surface area (Å²) < 4.78 is 8.12. The van der Waals surface area contributed by atoms with Crippen LogP contribution in [0.5, 0.6) is 0 Å². The minimum atomic E-state index is -0.886. The molecule has 2 aromatic heterocycles. The molecular weight excluding hydrogens is 376 g/mol. The van der Waals surface area contributed by atoms with Crippen molar-refractivity contribution in [1.82, 2.24) is 14.8 Å². The summed E-state index contributed by atoms with van der Waals surface area (Å²) in [5, 5.41) is 7.89. The van der Waals surface area contributed by atoms with Crippen molar-refractivity contribution < 1.29 is 14.3 Å². The van der Waals surface area contributed by atoms with Crippen molar-refractivity contribution >= 4 is 39.2 Å². The maximum Gasteiger partial charge on any atom is 0.306 e. The zero-order chi connectivity index (χ0) is 20.1. The predicted octanol–water partition coefficient (Wildman–Crippen LogP) is 3.97. The van der Waals surface area contributed by atoms with Gasteiger partial charge in [-0.25, -0.2) is 9.67 Å². The number of aromatic nitrogens is 3. The smallest absolute Gasteiger partial charge is 0.306 e. The van der Waals surface area contributed by atoms with Gasteiger partial charge in [0.25, 0.3) is 5.91 Å². The van der Waals surface area contributed by atoms with E-state index in [1.54, 1.807) is 35.2 Å². The highest BCUT2D eigenvalue weighted by atomic mass is 32.1. The topological polar surface area (TPSA) is 86.1 Å². The summed E-state index contributed by atoms with van der Waals surface area (Å²) in [4.78, 5) is 29.0. The first-order valence-corrected chi connectivity index (χ1v) is 10.2. The molecule has 2 atom stereocenters. The molecule has 3 aromatic rings. The monoisotopic (exact) mass is 400 g/mol. The zero-order valence-electron chi connectivity index (χ0n) is 16.2. The van der Waals surface area contributed by atoms with Crippen LogP contribution < -0.4 is 5.32 Å². The minimum absolute atomic E-state index is 0.164. The van der Waals surface area contributed by atoms with Gasteiger partial charge in [0, 0.05) is 12.5 Å². The first kappa shape index (κ1) is 20.0. The Hall–Kier alpha value is -2.74. The third-order valence-electron chi connectivity index (χ3n) is 4.49. The summed E-state index contributed by atoms with van der Waals surface area (Å²) in [6.07, 6.45) is 2.32. The number of hydrogen-bond acceptors (Lipinski definition) is 6. The van der Waals surface area contributed by atoms with E-state index in [0.29, 0.717) is 12.2 Å². The van der Waals surface area contributed by atoms with E-state index >= 15 is 0 Å². The second-order valence-electron chi connectivity index (χ2n) is 6.61. The van der Waals surface area contributed by atoms with E-state index in [1.807, 2.05) is 38.1 Å². The molecule has 0 aliphatic heterocycles. The number of ether oxygens (including phenoxy) is 1. The van der Waals surface area contributed by atoms with E-state index in [0.717, 1.165) is 21.6 Å². The van der Waals surface area contributed by atoms with E-state index in [4.69, 9.17) is 4.74 Å².